The summed E-state index contributed by atoms with van der Waals surface area (Å²) in [5.41, 5.74) is 2.49. The molecule has 1 aliphatic heterocycles. The highest BCUT2D eigenvalue weighted by molar-refractivity contribution is 5.89. The molecule has 1 amide bonds. The van der Waals surface area contributed by atoms with Crippen LogP contribution in [-0.4, -0.2) is 37.4 Å². The number of hydrogen-bond donors (Lipinski definition) is 2. The van der Waals surface area contributed by atoms with Crippen LogP contribution in [0.4, 0.5) is 0 Å². The fourth-order valence-corrected chi connectivity index (χ4v) is 2.26. The van der Waals surface area contributed by atoms with Crippen molar-refractivity contribution >= 4 is 5.91 Å². The Kier molecular flexibility index (Phi) is 3.81. The summed E-state index contributed by atoms with van der Waals surface area (Å²) in [5, 5.41) is 3.27. The Morgan fingerprint density at radius 3 is 2.65 bits per heavy atom. The Balaban J connectivity index is 2.06. The molecule has 0 saturated carbocycles. The van der Waals surface area contributed by atoms with Crippen LogP contribution < -0.4 is 10.7 Å². The molecule has 2 heterocycles. The van der Waals surface area contributed by atoms with Gasteiger partial charge in [-0.1, -0.05) is 0 Å². The Bertz CT molecular complexity index is 350. The molecule has 0 aliphatic carbocycles. The van der Waals surface area contributed by atoms with Gasteiger partial charge in [0.05, 0.1) is 12.0 Å². The number of aromatic nitrogens is 1. The summed E-state index contributed by atoms with van der Waals surface area (Å²) in [6.07, 6.45) is 5.26. The van der Waals surface area contributed by atoms with Crippen LogP contribution in [0.5, 0.6) is 0 Å². The third kappa shape index (κ3) is 2.68. The van der Waals surface area contributed by atoms with Crippen molar-refractivity contribution in [2.45, 2.75) is 12.8 Å². The molecular weight excluding hydrogens is 218 g/mol. The minimum atomic E-state index is -0.399. The molecule has 1 aliphatic rings. The van der Waals surface area contributed by atoms with Crippen LogP contribution in [0.2, 0.25) is 0 Å². The highest BCUT2D eigenvalue weighted by atomic mass is 16.5. The first-order valence-electron chi connectivity index (χ1n) is 5.91. The van der Waals surface area contributed by atoms with E-state index in [2.05, 4.69) is 10.7 Å². The fourth-order valence-electron chi connectivity index (χ4n) is 2.26. The van der Waals surface area contributed by atoms with Crippen LogP contribution >= 0.6 is 0 Å². The van der Waals surface area contributed by atoms with Gasteiger partial charge in [0.1, 0.15) is 0 Å². The predicted molar refractivity (Wildman–Crippen MR) is 65.2 cm³/mol. The minimum absolute atomic E-state index is 0.0389. The predicted octanol–water partition coefficient (Wildman–Crippen LogP) is 0.574. The number of nitrogens with one attached hydrogen (secondary N) is 2. The number of rotatable bonds is 4. The smallest absolute Gasteiger partial charge is 0.247 e. The topological polar surface area (TPSA) is 55.3 Å². The summed E-state index contributed by atoms with van der Waals surface area (Å²) in [6, 6.07) is 3.76. The molecule has 5 heteroatoms. The van der Waals surface area contributed by atoms with E-state index in [0.29, 0.717) is 6.61 Å². The maximum Gasteiger partial charge on any atom is 0.247 e. The van der Waals surface area contributed by atoms with Crippen LogP contribution in [0.15, 0.2) is 24.5 Å². The van der Waals surface area contributed by atoms with Gasteiger partial charge in [0.2, 0.25) is 5.91 Å². The highest BCUT2D eigenvalue weighted by Crippen LogP contribution is 2.29. The minimum Gasteiger partial charge on any atom is -0.384 e. The van der Waals surface area contributed by atoms with Gasteiger partial charge in [0.15, 0.2) is 0 Å². The number of amides is 1. The third-order valence-electron chi connectivity index (χ3n) is 3.30. The summed E-state index contributed by atoms with van der Waals surface area (Å²) in [7, 11) is 1.65. The van der Waals surface area contributed by atoms with E-state index in [1.54, 1.807) is 11.8 Å². The SMILES string of the molecule is COCC1(C(=O)Nn2cccc2)CCNCC1. The van der Waals surface area contributed by atoms with E-state index in [4.69, 9.17) is 4.74 Å². The fraction of sp³-hybridized carbons (Fsp3) is 0.583. The Morgan fingerprint density at radius 1 is 1.41 bits per heavy atom. The lowest BCUT2D eigenvalue weighted by molar-refractivity contribution is -0.131. The van der Waals surface area contributed by atoms with Gasteiger partial charge in [-0.15, -0.1) is 0 Å². The number of hydrogen-bond acceptors (Lipinski definition) is 3. The number of carbonyl (C=O) groups excluding carboxylic acids is 1. The second-order valence-electron chi connectivity index (χ2n) is 4.49. The Morgan fingerprint density at radius 2 is 2.06 bits per heavy atom. The largest absolute Gasteiger partial charge is 0.384 e. The Hall–Kier alpha value is -1.33. The Labute approximate surface area is 101 Å². The van der Waals surface area contributed by atoms with Crippen molar-refractivity contribution in [1.82, 2.24) is 9.99 Å². The van der Waals surface area contributed by atoms with E-state index in [0.717, 1.165) is 25.9 Å². The second kappa shape index (κ2) is 5.33. The number of carbonyl (C=O) groups is 1. The van der Waals surface area contributed by atoms with Crippen molar-refractivity contribution in [3.05, 3.63) is 24.5 Å². The molecule has 1 aromatic heterocycles. The zero-order valence-corrected chi connectivity index (χ0v) is 10.1. The van der Waals surface area contributed by atoms with E-state index in [1.165, 1.54) is 0 Å². The monoisotopic (exact) mass is 237 g/mol. The lowest BCUT2D eigenvalue weighted by atomic mass is 9.79. The molecule has 0 atom stereocenters. The van der Waals surface area contributed by atoms with Crippen molar-refractivity contribution in [3.63, 3.8) is 0 Å². The summed E-state index contributed by atoms with van der Waals surface area (Å²) < 4.78 is 6.91. The van der Waals surface area contributed by atoms with Gasteiger partial charge < -0.3 is 10.1 Å². The number of piperidine rings is 1. The molecule has 1 aromatic rings. The van der Waals surface area contributed by atoms with Crippen molar-refractivity contribution < 1.29 is 9.53 Å². The first-order chi connectivity index (χ1) is 8.27. The summed E-state index contributed by atoms with van der Waals surface area (Å²) >= 11 is 0. The van der Waals surface area contributed by atoms with Crippen LogP contribution in [0, 0.1) is 5.41 Å². The molecule has 1 saturated heterocycles. The average molecular weight is 237 g/mol. The van der Waals surface area contributed by atoms with Crippen LogP contribution in [0.3, 0.4) is 0 Å². The lowest BCUT2D eigenvalue weighted by Gasteiger charge is -2.35. The van der Waals surface area contributed by atoms with Crippen LogP contribution in [0.25, 0.3) is 0 Å². The molecule has 0 bridgehead atoms. The molecule has 94 valence electrons. The van der Waals surface area contributed by atoms with Crippen molar-refractivity contribution in [2.75, 3.05) is 32.2 Å². The normalized spacial score (nSPS) is 18.9. The molecule has 0 radical (unpaired) electrons. The molecule has 5 nitrogen and oxygen atoms in total. The highest BCUT2D eigenvalue weighted by Gasteiger charge is 2.39. The first-order valence-corrected chi connectivity index (χ1v) is 5.91. The van der Waals surface area contributed by atoms with E-state index < -0.39 is 5.41 Å². The van der Waals surface area contributed by atoms with Crippen molar-refractivity contribution in [3.8, 4) is 0 Å². The van der Waals surface area contributed by atoms with Crippen molar-refractivity contribution in [2.24, 2.45) is 5.41 Å². The summed E-state index contributed by atoms with van der Waals surface area (Å²) in [4.78, 5) is 12.3. The van der Waals surface area contributed by atoms with Crippen LogP contribution in [-0.2, 0) is 9.53 Å². The van der Waals surface area contributed by atoms with Gasteiger partial charge in [-0.3, -0.25) is 14.9 Å². The third-order valence-corrected chi connectivity index (χ3v) is 3.30. The molecule has 2 N–H and O–H groups in total. The molecule has 2 rings (SSSR count). The maximum absolute atomic E-state index is 12.3. The van der Waals surface area contributed by atoms with Gasteiger partial charge in [-0.25, -0.2) is 0 Å². The molecule has 1 fully saturated rings. The van der Waals surface area contributed by atoms with Gasteiger partial charge in [0.25, 0.3) is 0 Å². The van der Waals surface area contributed by atoms with Gasteiger partial charge >= 0.3 is 0 Å². The van der Waals surface area contributed by atoms with E-state index in [9.17, 15) is 4.79 Å². The quantitative estimate of drug-likeness (QED) is 0.805. The number of nitrogens with zero attached hydrogens (tertiary/aromatic N) is 1. The van der Waals surface area contributed by atoms with Gasteiger partial charge in [-0.2, -0.15) is 0 Å². The molecule has 17 heavy (non-hydrogen) atoms. The van der Waals surface area contributed by atoms with E-state index in [1.807, 2.05) is 24.5 Å². The van der Waals surface area contributed by atoms with Gasteiger partial charge in [0, 0.05) is 19.5 Å². The molecule has 0 unspecified atom stereocenters. The standard InChI is InChI=1S/C12H19N3O2/c1-17-10-12(4-6-13-7-5-12)11(16)14-15-8-2-3-9-15/h2-3,8-9,13H,4-7,10H2,1H3,(H,14,16). The van der Waals surface area contributed by atoms with Crippen molar-refractivity contribution in [1.29, 1.82) is 0 Å². The molecule has 0 aromatic carbocycles. The van der Waals surface area contributed by atoms with E-state index in [-0.39, 0.29) is 5.91 Å². The summed E-state index contributed by atoms with van der Waals surface area (Å²) in [6.45, 7) is 2.20. The molecule has 0 spiro atoms. The summed E-state index contributed by atoms with van der Waals surface area (Å²) in [5.74, 6) is 0.0389. The zero-order valence-electron chi connectivity index (χ0n) is 10.1. The second-order valence-corrected chi connectivity index (χ2v) is 4.49. The van der Waals surface area contributed by atoms with Crippen LogP contribution in [0.1, 0.15) is 12.8 Å². The molecular formula is C12H19N3O2. The van der Waals surface area contributed by atoms with E-state index >= 15 is 0 Å². The average Bonchev–Trinajstić information content (AvgIpc) is 2.83. The number of ether oxygens (including phenoxy) is 1. The number of methoxy groups -OCH3 is 1. The van der Waals surface area contributed by atoms with Gasteiger partial charge in [-0.05, 0) is 38.1 Å². The maximum atomic E-state index is 12.3. The lowest BCUT2D eigenvalue weighted by Crippen LogP contribution is -2.49. The zero-order chi connectivity index (χ0) is 12.1. The first kappa shape index (κ1) is 12.1.